The summed E-state index contributed by atoms with van der Waals surface area (Å²) in [6, 6.07) is 16.6. The van der Waals surface area contributed by atoms with Crippen LogP contribution in [0, 0.1) is 5.41 Å². The van der Waals surface area contributed by atoms with Crippen LogP contribution in [0.25, 0.3) is 22.2 Å². The number of methoxy groups -OCH3 is 2. The molecule has 1 aliphatic heterocycles. The molecular weight excluding hydrogens is 789 g/mol. The Bertz CT molecular complexity index is 2220. The molecule has 3 heterocycles. The van der Waals surface area contributed by atoms with Gasteiger partial charge in [0.2, 0.25) is 0 Å². The van der Waals surface area contributed by atoms with Crippen LogP contribution in [0.2, 0.25) is 0 Å². The standard InChI is InChI=1S/C44H60N6O9S/c1-44(2,3)38(46-43(52)53)20-22-48(4)32-25-50-36-23-30(42(51)47-60(54,55)49(5)26-39(56-6)57-7)16-18-34(36)40(29-13-9-8-10-14-29)41(50)35-19-17-33(24-37(35)59-28-32)58-27-31-15-11-12-21-45-31/h11-12,15-19,21,23-24,29,32,38-39,46H,8-10,13-14,20,22,25-28H2,1-7H3,(H,47,51)(H,52,53)/t32-,38?/m1/s1. The maximum absolute atomic E-state index is 13.8. The van der Waals surface area contributed by atoms with E-state index in [-0.39, 0.29) is 42.1 Å². The normalized spacial score (nSPS) is 16.8. The van der Waals surface area contributed by atoms with Crippen LogP contribution in [0.15, 0.2) is 60.8 Å². The van der Waals surface area contributed by atoms with E-state index in [4.69, 9.17) is 18.9 Å². The SMILES string of the molecule is COC(CN(C)S(=O)(=O)NC(=O)c1ccc2c(C3CCCCC3)c3n(c2c1)C[C@@H](N(C)CCC(NC(=O)O)C(C)(C)C)COc1cc(OCc2ccccn2)ccc1-3)OC. The molecule has 2 atom stereocenters. The van der Waals surface area contributed by atoms with Crippen LogP contribution in [0.5, 0.6) is 11.5 Å². The van der Waals surface area contributed by atoms with Gasteiger partial charge in [0, 0.05) is 74.7 Å². The summed E-state index contributed by atoms with van der Waals surface area (Å²) in [4.78, 5) is 32.2. The minimum absolute atomic E-state index is 0.124. The lowest BCUT2D eigenvalue weighted by Crippen LogP contribution is -2.47. The fourth-order valence-electron chi connectivity index (χ4n) is 8.26. The van der Waals surface area contributed by atoms with E-state index in [0.29, 0.717) is 37.6 Å². The van der Waals surface area contributed by atoms with Crippen molar-refractivity contribution in [3.63, 3.8) is 0 Å². The summed E-state index contributed by atoms with van der Waals surface area (Å²) in [6.07, 6.45) is 5.83. The summed E-state index contributed by atoms with van der Waals surface area (Å²) in [5.74, 6) is 0.776. The molecule has 0 bridgehead atoms. The average Bonchev–Trinajstić information content (AvgIpc) is 3.53. The summed E-state index contributed by atoms with van der Waals surface area (Å²) >= 11 is 0. The van der Waals surface area contributed by atoms with E-state index < -0.39 is 28.5 Å². The second-order valence-electron chi connectivity index (χ2n) is 16.9. The number of benzene rings is 2. The van der Waals surface area contributed by atoms with Crippen LogP contribution in [-0.2, 0) is 32.8 Å². The van der Waals surface area contributed by atoms with Crippen molar-refractivity contribution in [3.05, 3.63) is 77.6 Å². The third kappa shape index (κ3) is 10.6. The Balaban J connectivity index is 1.44. The van der Waals surface area contributed by atoms with Gasteiger partial charge in [-0.2, -0.15) is 12.7 Å². The van der Waals surface area contributed by atoms with E-state index >= 15 is 0 Å². The number of carbonyl (C=O) groups is 2. The quantitative estimate of drug-likeness (QED) is 0.103. The van der Waals surface area contributed by atoms with E-state index in [2.05, 4.69) is 24.5 Å². The van der Waals surface area contributed by atoms with Gasteiger partial charge in [-0.15, -0.1) is 0 Å². The van der Waals surface area contributed by atoms with Crippen LogP contribution in [0.4, 0.5) is 4.79 Å². The largest absolute Gasteiger partial charge is 0.491 e. The van der Waals surface area contributed by atoms with E-state index in [9.17, 15) is 23.1 Å². The zero-order valence-electron chi connectivity index (χ0n) is 35.8. The number of ether oxygens (including phenoxy) is 4. The number of pyridine rings is 1. The molecule has 1 unspecified atom stereocenters. The molecule has 3 N–H and O–H groups in total. The Kier molecular flexibility index (Phi) is 14.4. The Labute approximate surface area is 353 Å². The van der Waals surface area contributed by atoms with Crippen LogP contribution in [0.3, 0.4) is 0 Å². The van der Waals surface area contributed by atoms with Gasteiger partial charge < -0.3 is 33.9 Å². The molecule has 1 aliphatic carbocycles. The van der Waals surface area contributed by atoms with E-state index in [1.165, 1.54) is 33.3 Å². The van der Waals surface area contributed by atoms with E-state index in [0.717, 1.165) is 57.8 Å². The molecule has 2 aromatic carbocycles. The molecule has 326 valence electrons. The van der Waals surface area contributed by atoms with Crippen molar-refractivity contribution in [2.75, 3.05) is 48.0 Å². The van der Waals surface area contributed by atoms with Crippen LogP contribution >= 0.6 is 0 Å². The minimum Gasteiger partial charge on any atom is -0.491 e. The van der Waals surface area contributed by atoms with Crippen molar-refractivity contribution in [1.29, 1.82) is 0 Å². The monoisotopic (exact) mass is 848 g/mol. The number of carboxylic acid groups (broad SMARTS) is 1. The van der Waals surface area contributed by atoms with E-state index in [1.807, 2.05) is 70.3 Å². The third-order valence-corrected chi connectivity index (χ3v) is 13.2. The first-order chi connectivity index (χ1) is 28.6. The Morgan fingerprint density at radius 3 is 2.45 bits per heavy atom. The van der Waals surface area contributed by atoms with Crippen molar-refractivity contribution >= 4 is 33.1 Å². The number of nitrogens with one attached hydrogen (secondary N) is 2. The molecule has 15 nitrogen and oxygen atoms in total. The number of fused-ring (bicyclic) bond motifs is 5. The predicted octanol–water partition coefficient (Wildman–Crippen LogP) is 6.62. The highest BCUT2D eigenvalue weighted by atomic mass is 32.2. The molecule has 0 radical (unpaired) electrons. The van der Waals surface area contributed by atoms with Crippen molar-refractivity contribution in [2.45, 2.75) is 96.7 Å². The van der Waals surface area contributed by atoms with Gasteiger partial charge in [0.05, 0.1) is 24.0 Å². The van der Waals surface area contributed by atoms with Gasteiger partial charge in [-0.25, -0.2) is 9.52 Å². The summed E-state index contributed by atoms with van der Waals surface area (Å²) in [5, 5.41) is 13.4. The Morgan fingerprint density at radius 1 is 1.03 bits per heavy atom. The number of hydrogen-bond acceptors (Lipinski definition) is 10. The van der Waals surface area contributed by atoms with Crippen LogP contribution < -0.4 is 19.5 Å². The predicted molar refractivity (Wildman–Crippen MR) is 230 cm³/mol. The highest BCUT2D eigenvalue weighted by Gasteiger charge is 2.34. The fourth-order valence-corrected chi connectivity index (χ4v) is 9.09. The lowest BCUT2D eigenvalue weighted by molar-refractivity contribution is -0.106. The number of amides is 2. The molecule has 1 fully saturated rings. The van der Waals surface area contributed by atoms with Gasteiger partial charge in [0.15, 0.2) is 6.29 Å². The topological polar surface area (TPSA) is 174 Å². The van der Waals surface area contributed by atoms with Gasteiger partial charge in [-0.05, 0) is 79.6 Å². The van der Waals surface area contributed by atoms with Gasteiger partial charge in [-0.3, -0.25) is 14.7 Å². The smallest absolute Gasteiger partial charge is 0.404 e. The lowest BCUT2D eigenvalue weighted by Gasteiger charge is -2.35. The number of aromatic nitrogens is 2. The maximum Gasteiger partial charge on any atom is 0.404 e. The molecule has 16 heteroatoms. The molecule has 0 spiro atoms. The maximum atomic E-state index is 13.8. The molecule has 2 amide bonds. The van der Waals surface area contributed by atoms with Crippen molar-refractivity contribution < 1.29 is 42.1 Å². The Morgan fingerprint density at radius 2 is 1.78 bits per heavy atom. The lowest BCUT2D eigenvalue weighted by atomic mass is 9.81. The third-order valence-electron chi connectivity index (χ3n) is 11.8. The summed E-state index contributed by atoms with van der Waals surface area (Å²) in [6.45, 7) is 7.60. The highest BCUT2D eigenvalue weighted by Crippen LogP contribution is 2.48. The molecule has 2 aromatic heterocycles. The second-order valence-corrected chi connectivity index (χ2v) is 18.7. The number of likely N-dealkylation sites (N-methyl/N-ethyl adjacent to an activating group) is 2. The zero-order valence-corrected chi connectivity index (χ0v) is 36.6. The first-order valence-corrected chi connectivity index (χ1v) is 22.0. The van der Waals surface area contributed by atoms with Crippen molar-refractivity contribution in [1.82, 2.24) is 28.8 Å². The highest BCUT2D eigenvalue weighted by molar-refractivity contribution is 7.87. The summed E-state index contributed by atoms with van der Waals surface area (Å²) in [5.41, 5.74) is 4.57. The fraction of sp³-hybridized carbons (Fsp3) is 0.523. The zero-order chi connectivity index (χ0) is 43.2. The van der Waals surface area contributed by atoms with Gasteiger partial charge in [0.1, 0.15) is 24.7 Å². The molecule has 4 aromatic rings. The molecular formula is C44H60N6O9S. The first-order valence-electron chi connectivity index (χ1n) is 20.6. The summed E-state index contributed by atoms with van der Waals surface area (Å²) < 4.78 is 55.5. The molecule has 60 heavy (non-hydrogen) atoms. The van der Waals surface area contributed by atoms with Crippen molar-refractivity contribution in [3.8, 4) is 22.8 Å². The number of carbonyl (C=O) groups excluding carboxylic acids is 1. The van der Waals surface area contributed by atoms with Crippen LogP contribution in [-0.4, -0.2) is 111 Å². The van der Waals surface area contributed by atoms with Gasteiger partial charge >= 0.3 is 16.3 Å². The number of nitrogens with zero attached hydrogens (tertiary/aromatic N) is 4. The van der Waals surface area contributed by atoms with Crippen molar-refractivity contribution in [2.24, 2.45) is 5.41 Å². The van der Waals surface area contributed by atoms with Gasteiger partial charge in [-0.1, -0.05) is 52.2 Å². The number of hydrogen-bond donors (Lipinski definition) is 3. The van der Waals surface area contributed by atoms with Crippen LogP contribution in [0.1, 0.15) is 86.8 Å². The molecule has 0 saturated heterocycles. The van der Waals surface area contributed by atoms with E-state index in [1.54, 1.807) is 18.3 Å². The second kappa shape index (κ2) is 19.3. The summed E-state index contributed by atoms with van der Waals surface area (Å²) in [7, 11) is 1.95. The molecule has 1 saturated carbocycles. The first kappa shape index (κ1) is 44.8. The molecule has 6 rings (SSSR count). The minimum atomic E-state index is -4.25. The number of rotatable bonds is 16. The average molecular weight is 849 g/mol. The Hall–Kier alpha value is -4.74. The molecule has 2 aliphatic rings. The van der Waals surface area contributed by atoms with Gasteiger partial charge in [0.25, 0.3) is 5.91 Å².